The van der Waals surface area contributed by atoms with Gasteiger partial charge in [-0.2, -0.15) is 0 Å². The molecular weight excluding hydrogens is 340 g/mol. The predicted octanol–water partition coefficient (Wildman–Crippen LogP) is 6.21. The Morgan fingerprint density at radius 3 is 2.04 bits per heavy atom. The molecule has 0 aromatic carbocycles. The molecular formula is C23H42O4. The van der Waals surface area contributed by atoms with Gasteiger partial charge < -0.3 is 9.47 Å². The molecule has 1 aliphatic rings. The highest BCUT2D eigenvalue weighted by Crippen LogP contribution is 2.33. The first-order chi connectivity index (χ1) is 13.1. The second-order valence-electron chi connectivity index (χ2n) is 8.07. The van der Waals surface area contributed by atoms with E-state index >= 15 is 0 Å². The summed E-state index contributed by atoms with van der Waals surface area (Å²) in [5.74, 6) is -0.982. The first kappa shape index (κ1) is 24.0. The number of ether oxygens (including phenoxy) is 2. The number of hydrogen-bond acceptors (Lipinski definition) is 4. The van der Waals surface area contributed by atoms with E-state index in [1.54, 1.807) is 0 Å². The van der Waals surface area contributed by atoms with Crippen molar-refractivity contribution in [2.45, 2.75) is 117 Å². The van der Waals surface area contributed by atoms with Crippen molar-refractivity contribution in [3.63, 3.8) is 0 Å². The molecule has 0 aliphatic heterocycles. The molecule has 0 spiro atoms. The minimum absolute atomic E-state index is 0.00232. The van der Waals surface area contributed by atoms with Crippen molar-refractivity contribution in [1.29, 1.82) is 0 Å². The van der Waals surface area contributed by atoms with Gasteiger partial charge in [-0.05, 0) is 38.5 Å². The molecule has 1 aliphatic carbocycles. The number of carbonyl (C=O) groups is 2. The smallest absolute Gasteiger partial charge is 0.310 e. The monoisotopic (exact) mass is 382 g/mol. The van der Waals surface area contributed by atoms with Gasteiger partial charge in [0.2, 0.25) is 0 Å². The summed E-state index contributed by atoms with van der Waals surface area (Å²) in [4.78, 5) is 25.3. The van der Waals surface area contributed by atoms with Gasteiger partial charge in [0, 0.05) is 0 Å². The van der Waals surface area contributed by atoms with Crippen molar-refractivity contribution >= 4 is 11.9 Å². The SMILES string of the molecule is CCCCCCC(CCC)OC(=O)C1CCCCC1C(=O)OCCCCC. The summed E-state index contributed by atoms with van der Waals surface area (Å²) in [7, 11) is 0. The molecule has 0 saturated heterocycles. The quantitative estimate of drug-likeness (QED) is 0.265. The van der Waals surface area contributed by atoms with Crippen molar-refractivity contribution < 1.29 is 19.1 Å². The van der Waals surface area contributed by atoms with E-state index < -0.39 is 0 Å². The molecule has 1 rings (SSSR count). The van der Waals surface area contributed by atoms with E-state index in [2.05, 4.69) is 20.8 Å². The van der Waals surface area contributed by atoms with Crippen LogP contribution in [0.3, 0.4) is 0 Å². The minimum atomic E-state index is -0.313. The van der Waals surface area contributed by atoms with E-state index in [9.17, 15) is 9.59 Å². The lowest BCUT2D eigenvalue weighted by Crippen LogP contribution is -2.36. The third-order valence-corrected chi connectivity index (χ3v) is 5.64. The average Bonchev–Trinajstić information content (AvgIpc) is 2.68. The van der Waals surface area contributed by atoms with Gasteiger partial charge in [-0.25, -0.2) is 0 Å². The lowest BCUT2D eigenvalue weighted by atomic mass is 9.79. The molecule has 158 valence electrons. The molecule has 0 bridgehead atoms. The zero-order valence-corrected chi connectivity index (χ0v) is 18.0. The van der Waals surface area contributed by atoms with Gasteiger partial charge in [0.05, 0.1) is 18.4 Å². The fourth-order valence-electron chi connectivity index (χ4n) is 3.96. The van der Waals surface area contributed by atoms with Crippen LogP contribution in [0.5, 0.6) is 0 Å². The predicted molar refractivity (Wildman–Crippen MR) is 109 cm³/mol. The second-order valence-corrected chi connectivity index (χ2v) is 8.07. The van der Waals surface area contributed by atoms with Crippen LogP contribution in [0.15, 0.2) is 0 Å². The third kappa shape index (κ3) is 9.62. The maximum Gasteiger partial charge on any atom is 0.310 e. The van der Waals surface area contributed by atoms with Crippen LogP contribution < -0.4 is 0 Å². The number of unbranched alkanes of at least 4 members (excludes halogenated alkanes) is 5. The third-order valence-electron chi connectivity index (χ3n) is 5.64. The number of hydrogen-bond donors (Lipinski definition) is 0. The van der Waals surface area contributed by atoms with Crippen LogP contribution in [0.4, 0.5) is 0 Å². The van der Waals surface area contributed by atoms with Gasteiger partial charge in [-0.1, -0.05) is 72.1 Å². The maximum atomic E-state index is 12.8. The van der Waals surface area contributed by atoms with E-state index in [1.165, 1.54) is 19.3 Å². The standard InChI is InChI=1S/C23H42O4/c1-4-7-9-10-15-19(14-6-3)27-23(25)21-17-12-11-16-20(21)22(24)26-18-13-8-5-2/h19-21H,4-18H2,1-3H3. The van der Waals surface area contributed by atoms with Crippen molar-refractivity contribution in [3.8, 4) is 0 Å². The summed E-state index contributed by atoms with van der Waals surface area (Å²) >= 11 is 0. The van der Waals surface area contributed by atoms with Gasteiger partial charge >= 0.3 is 11.9 Å². The Kier molecular flexibility index (Phi) is 13.3. The Hall–Kier alpha value is -1.06. The van der Waals surface area contributed by atoms with E-state index in [0.29, 0.717) is 6.61 Å². The van der Waals surface area contributed by atoms with Crippen LogP contribution in [0.1, 0.15) is 111 Å². The molecule has 0 aromatic rings. The van der Waals surface area contributed by atoms with Crippen LogP contribution in [0, 0.1) is 11.8 Å². The highest BCUT2D eigenvalue weighted by molar-refractivity contribution is 5.82. The van der Waals surface area contributed by atoms with Crippen LogP contribution in [0.25, 0.3) is 0 Å². The van der Waals surface area contributed by atoms with Crippen molar-refractivity contribution in [2.75, 3.05) is 6.61 Å². The topological polar surface area (TPSA) is 52.6 Å². The molecule has 1 saturated carbocycles. The minimum Gasteiger partial charge on any atom is -0.465 e. The Morgan fingerprint density at radius 2 is 1.41 bits per heavy atom. The van der Waals surface area contributed by atoms with Gasteiger partial charge in [0.1, 0.15) is 6.10 Å². The number of rotatable bonds is 14. The Morgan fingerprint density at radius 1 is 0.778 bits per heavy atom. The summed E-state index contributed by atoms with van der Waals surface area (Å²) in [6.45, 7) is 6.93. The molecule has 27 heavy (non-hydrogen) atoms. The zero-order chi connectivity index (χ0) is 19.9. The van der Waals surface area contributed by atoms with Gasteiger partial charge in [0.25, 0.3) is 0 Å². The van der Waals surface area contributed by atoms with Gasteiger partial charge in [-0.3, -0.25) is 9.59 Å². The molecule has 1 fully saturated rings. The average molecular weight is 383 g/mol. The fourth-order valence-corrected chi connectivity index (χ4v) is 3.96. The van der Waals surface area contributed by atoms with Crippen LogP contribution in [-0.4, -0.2) is 24.6 Å². The van der Waals surface area contributed by atoms with Gasteiger partial charge in [-0.15, -0.1) is 0 Å². The summed E-state index contributed by atoms with van der Waals surface area (Å²) in [5, 5.41) is 0. The van der Waals surface area contributed by atoms with Crippen LogP contribution in [-0.2, 0) is 19.1 Å². The largest absolute Gasteiger partial charge is 0.465 e. The van der Waals surface area contributed by atoms with E-state index in [0.717, 1.165) is 70.6 Å². The molecule has 0 radical (unpaired) electrons. The molecule has 0 N–H and O–H groups in total. The number of esters is 2. The summed E-state index contributed by atoms with van der Waals surface area (Å²) in [5.41, 5.74) is 0. The molecule has 4 nitrogen and oxygen atoms in total. The molecule has 0 aromatic heterocycles. The summed E-state index contributed by atoms with van der Waals surface area (Å²) in [6, 6.07) is 0. The van der Waals surface area contributed by atoms with Crippen molar-refractivity contribution in [2.24, 2.45) is 11.8 Å². The molecule has 0 heterocycles. The normalized spacial score (nSPS) is 20.9. The lowest BCUT2D eigenvalue weighted by Gasteiger charge is -2.30. The zero-order valence-electron chi connectivity index (χ0n) is 18.0. The van der Waals surface area contributed by atoms with Crippen LogP contribution >= 0.6 is 0 Å². The molecule has 0 amide bonds. The first-order valence-electron chi connectivity index (χ1n) is 11.5. The highest BCUT2D eigenvalue weighted by Gasteiger charge is 2.38. The van der Waals surface area contributed by atoms with E-state index in [1.807, 2.05) is 0 Å². The molecule has 4 heteroatoms. The summed E-state index contributed by atoms with van der Waals surface area (Å²) in [6.07, 6.45) is 14.2. The van der Waals surface area contributed by atoms with E-state index in [-0.39, 0.29) is 29.9 Å². The molecule has 3 atom stereocenters. The summed E-state index contributed by atoms with van der Waals surface area (Å²) < 4.78 is 11.3. The Balaban J connectivity index is 2.54. The van der Waals surface area contributed by atoms with Crippen molar-refractivity contribution in [1.82, 2.24) is 0 Å². The maximum absolute atomic E-state index is 12.8. The van der Waals surface area contributed by atoms with Crippen molar-refractivity contribution in [3.05, 3.63) is 0 Å². The Labute approximate surface area is 166 Å². The Bertz CT molecular complexity index is 407. The fraction of sp³-hybridized carbons (Fsp3) is 0.913. The number of carbonyl (C=O) groups excluding carboxylic acids is 2. The lowest BCUT2D eigenvalue weighted by molar-refractivity contribution is -0.166. The molecule has 3 unspecified atom stereocenters. The van der Waals surface area contributed by atoms with Crippen LogP contribution in [0.2, 0.25) is 0 Å². The highest BCUT2D eigenvalue weighted by atomic mass is 16.5. The second kappa shape index (κ2) is 14.9. The van der Waals surface area contributed by atoms with Gasteiger partial charge in [0.15, 0.2) is 0 Å². The first-order valence-corrected chi connectivity index (χ1v) is 11.5. The van der Waals surface area contributed by atoms with E-state index in [4.69, 9.17) is 9.47 Å².